The normalized spacial score (nSPS) is 18.4. The van der Waals surface area contributed by atoms with Crippen molar-refractivity contribution in [2.75, 3.05) is 26.7 Å². The van der Waals surface area contributed by atoms with E-state index in [0.29, 0.717) is 0 Å². The monoisotopic (exact) mass is 289 g/mol. The molecule has 1 aromatic rings. The first kappa shape index (κ1) is 16.0. The zero-order valence-corrected chi connectivity index (χ0v) is 13.3. The predicted molar refractivity (Wildman–Crippen MR) is 85.3 cm³/mol. The first-order valence-corrected chi connectivity index (χ1v) is 8.09. The van der Waals surface area contributed by atoms with Crippen LogP contribution in [0.15, 0.2) is 30.3 Å². The molecule has 1 unspecified atom stereocenters. The molecular formula is C18H27NO2. The number of methoxy groups -OCH3 is 1. The largest absolute Gasteiger partial charge is 0.469 e. The van der Waals surface area contributed by atoms with E-state index in [0.717, 1.165) is 31.1 Å². The van der Waals surface area contributed by atoms with Crippen molar-refractivity contribution >= 4 is 5.97 Å². The number of piperidine rings is 1. The summed E-state index contributed by atoms with van der Waals surface area (Å²) in [6.45, 7) is 5.24. The van der Waals surface area contributed by atoms with E-state index in [4.69, 9.17) is 4.74 Å². The van der Waals surface area contributed by atoms with E-state index in [1.807, 2.05) is 30.3 Å². The van der Waals surface area contributed by atoms with Gasteiger partial charge in [0, 0.05) is 6.54 Å². The van der Waals surface area contributed by atoms with Crippen LogP contribution in [0.4, 0.5) is 0 Å². The van der Waals surface area contributed by atoms with Gasteiger partial charge in [0.25, 0.3) is 0 Å². The van der Waals surface area contributed by atoms with Gasteiger partial charge in [-0.25, -0.2) is 0 Å². The summed E-state index contributed by atoms with van der Waals surface area (Å²) in [5, 5.41) is 0. The lowest BCUT2D eigenvalue weighted by atomic mass is 9.91. The number of carbonyl (C=O) groups is 1. The molecule has 1 heterocycles. The molecule has 21 heavy (non-hydrogen) atoms. The second-order valence-electron chi connectivity index (χ2n) is 6.02. The highest BCUT2D eigenvalue weighted by Crippen LogP contribution is 2.25. The molecule has 0 aliphatic carbocycles. The van der Waals surface area contributed by atoms with Gasteiger partial charge in [0.05, 0.1) is 13.0 Å². The highest BCUT2D eigenvalue weighted by Gasteiger charge is 2.26. The van der Waals surface area contributed by atoms with Gasteiger partial charge in [0.1, 0.15) is 0 Å². The summed E-state index contributed by atoms with van der Waals surface area (Å²) in [5.74, 6) is 0.579. The van der Waals surface area contributed by atoms with E-state index in [9.17, 15) is 4.79 Å². The second kappa shape index (κ2) is 8.18. The molecule has 1 atom stereocenters. The van der Waals surface area contributed by atoms with Crippen LogP contribution < -0.4 is 0 Å². The minimum absolute atomic E-state index is 0.128. The molecule has 0 aromatic heterocycles. The number of esters is 1. The zero-order chi connectivity index (χ0) is 15.1. The summed E-state index contributed by atoms with van der Waals surface area (Å²) in [6, 6.07) is 9.99. The first-order chi connectivity index (χ1) is 10.2. The van der Waals surface area contributed by atoms with Crippen molar-refractivity contribution in [2.24, 2.45) is 5.92 Å². The molecular weight excluding hydrogens is 262 g/mol. The quantitative estimate of drug-likeness (QED) is 0.751. The zero-order valence-electron chi connectivity index (χ0n) is 13.3. The summed E-state index contributed by atoms with van der Waals surface area (Å²) in [4.78, 5) is 14.5. The lowest BCUT2D eigenvalue weighted by Crippen LogP contribution is -2.38. The molecule has 1 aliphatic heterocycles. The van der Waals surface area contributed by atoms with Crippen LogP contribution in [0.1, 0.15) is 44.1 Å². The van der Waals surface area contributed by atoms with E-state index in [1.165, 1.54) is 32.8 Å². The van der Waals surface area contributed by atoms with E-state index < -0.39 is 0 Å². The number of rotatable bonds is 6. The van der Waals surface area contributed by atoms with Crippen LogP contribution >= 0.6 is 0 Å². The number of carbonyl (C=O) groups excluding carboxylic acids is 1. The van der Waals surface area contributed by atoms with E-state index >= 15 is 0 Å². The Morgan fingerprint density at radius 3 is 2.52 bits per heavy atom. The van der Waals surface area contributed by atoms with Crippen LogP contribution in [-0.4, -0.2) is 37.6 Å². The Labute approximate surface area is 128 Å². The maximum atomic E-state index is 12.1. The van der Waals surface area contributed by atoms with Crippen LogP contribution in [0.2, 0.25) is 0 Å². The summed E-state index contributed by atoms with van der Waals surface area (Å²) in [6.07, 6.45) is 5.14. The van der Waals surface area contributed by atoms with Crippen LogP contribution in [0.25, 0.3) is 0 Å². The summed E-state index contributed by atoms with van der Waals surface area (Å²) < 4.78 is 5.00. The Balaban J connectivity index is 1.96. The van der Waals surface area contributed by atoms with Gasteiger partial charge in [-0.3, -0.25) is 4.79 Å². The number of hydrogen-bond acceptors (Lipinski definition) is 3. The highest BCUT2D eigenvalue weighted by molar-refractivity contribution is 5.78. The third-order valence-electron chi connectivity index (χ3n) is 4.53. The maximum absolute atomic E-state index is 12.1. The minimum Gasteiger partial charge on any atom is -0.469 e. The van der Waals surface area contributed by atoms with Crippen LogP contribution in [0.3, 0.4) is 0 Å². The van der Waals surface area contributed by atoms with Crippen LogP contribution in [-0.2, 0) is 9.53 Å². The number of hydrogen-bond donors (Lipinski definition) is 0. The molecule has 1 fully saturated rings. The fourth-order valence-corrected chi connectivity index (χ4v) is 3.27. The Hall–Kier alpha value is -1.35. The van der Waals surface area contributed by atoms with Gasteiger partial charge in [0.15, 0.2) is 0 Å². The number of ether oxygens (including phenoxy) is 1. The summed E-state index contributed by atoms with van der Waals surface area (Å²) in [5.41, 5.74) is 1.06. The first-order valence-electron chi connectivity index (χ1n) is 8.09. The van der Waals surface area contributed by atoms with Crippen LogP contribution in [0.5, 0.6) is 0 Å². The third kappa shape index (κ3) is 4.57. The summed E-state index contributed by atoms with van der Waals surface area (Å²) >= 11 is 0. The van der Waals surface area contributed by atoms with Gasteiger partial charge in [0.2, 0.25) is 0 Å². The van der Waals surface area contributed by atoms with Crippen molar-refractivity contribution in [2.45, 2.75) is 38.5 Å². The van der Waals surface area contributed by atoms with Gasteiger partial charge in [-0.1, -0.05) is 50.1 Å². The van der Waals surface area contributed by atoms with E-state index in [-0.39, 0.29) is 11.9 Å². The third-order valence-corrected chi connectivity index (χ3v) is 4.53. The fraction of sp³-hybridized carbons (Fsp3) is 0.611. The lowest BCUT2D eigenvalue weighted by molar-refractivity contribution is -0.143. The van der Waals surface area contributed by atoms with E-state index in [1.54, 1.807) is 0 Å². The standard InChI is InChI=1S/C18H27NO2/c1-3-7-15-10-12-19(13-11-15)14-17(18(20)21-2)16-8-5-4-6-9-16/h4-6,8-9,15,17H,3,7,10-14H2,1-2H3. The average molecular weight is 289 g/mol. The van der Waals surface area contributed by atoms with Crippen molar-refractivity contribution in [1.82, 2.24) is 4.90 Å². The predicted octanol–water partition coefficient (Wildman–Crippen LogP) is 3.46. The SMILES string of the molecule is CCCC1CCN(CC(C(=O)OC)c2ccccc2)CC1. The van der Waals surface area contributed by atoms with Crippen molar-refractivity contribution in [3.8, 4) is 0 Å². The molecule has 1 saturated heterocycles. The second-order valence-corrected chi connectivity index (χ2v) is 6.02. The Morgan fingerprint density at radius 1 is 1.29 bits per heavy atom. The molecule has 0 N–H and O–H groups in total. The molecule has 1 aliphatic rings. The van der Waals surface area contributed by atoms with Gasteiger partial charge in [-0.05, 0) is 37.4 Å². The molecule has 0 saturated carbocycles. The van der Waals surface area contributed by atoms with Gasteiger partial charge in [-0.15, -0.1) is 0 Å². The van der Waals surface area contributed by atoms with Gasteiger partial charge < -0.3 is 9.64 Å². The van der Waals surface area contributed by atoms with Crippen LogP contribution in [0, 0.1) is 5.92 Å². The smallest absolute Gasteiger partial charge is 0.314 e. The average Bonchev–Trinajstić information content (AvgIpc) is 2.54. The van der Waals surface area contributed by atoms with Crippen molar-refractivity contribution in [3.05, 3.63) is 35.9 Å². The Morgan fingerprint density at radius 2 is 1.95 bits per heavy atom. The molecule has 0 radical (unpaired) electrons. The van der Waals surface area contributed by atoms with Crippen molar-refractivity contribution in [3.63, 3.8) is 0 Å². The topological polar surface area (TPSA) is 29.5 Å². The maximum Gasteiger partial charge on any atom is 0.314 e. The molecule has 2 rings (SSSR count). The minimum atomic E-state index is -0.168. The molecule has 116 valence electrons. The fourth-order valence-electron chi connectivity index (χ4n) is 3.27. The number of benzene rings is 1. The van der Waals surface area contributed by atoms with E-state index in [2.05, 4.69) is 11.8 Å². The summed E-state index contributed by atoms with van der Waals surface area (Å²) in [7, 11) is 1.48. The number of likely N-dealkylation sites (tertiary alicyclic amines) is 1. The van der Waals surface area contributed by atoms with Gasteiger partial charge >= 0.3 is 5.97 Å². The van der Waals surface area contributed by atoms with Gasteiger partial charge in [-0.2, -0.15) is 0 Å². The Bertz CT molecular complexity index is 424. The molecule has 0 spiro atoms. The Kier molecular flexibility index (Phi) is 6.24. The highest BCUT2D eigenvalue weighted by atomic mass is 16.5. The van der Waals surface area contributed by atoms with Crippen molar-refractivity contribution in [1.29, 1.82) is 0 Å². The molecule has 3 heteroatoms. The molecule has 1 aromatic carbocycles. The van der Waals surface area contributed by atoms with Crippen molar-refractivity contribution < 1.29 is 9.53 Å². The molecule has 0 amide bonds. The molecule has 3 nitrogen and oxygen atoms in total. The molecule has 0 bridgehead atoms. The lowest BCUT2D eigenvalue weighted by Gasteiger charge is -2.33. The number of nitrogens with zero attached hydrogens (tertiary/aromatic N) is 1.